The largest absolute Gasteiger partial charge is 0.462 e. The summed E-state index contributed by atoms with van der Waals surface area (Å²) in [5, 5.41) is 23.7. The number of carbonyl (C=O) groups excluding carboxylic acids is 2. The van der Waals surface area contributed by atoms with E-state index >= 15 is 0 Å². The maximum absolute atomic E-state index is 13.2. The first-order valence-corrected chi connectivity index (χ1v) is 25.7. The maximum atomic E-state index is 13.2. The van der Waals surface area contributed by atoms with Gasteiger partial charge in [-0.05, 0) is 77.0 Å². The second kappa shape index (κ2) is 49.5. The van der Waals surface area contributed by atoms with Crippen LogP contribution in [0.5, 0.6) is 0 Å². The van der Waals surface area contributed by atoms with Crippen LogP contribution in [0, 0.1) is 0 Å². The Kier molecular flexibility index (Phi) is 46.8. The molecule has 0 aromatic carbocycles. The number of amides is 1. The summed E-state index contributed by atoms with van der Waals surface area (Å²) < 4.78 is 5.89. The molecule has 0 aliphatic carbocycles. The summed E-state index contributed by atoms with van der Waals surface area (Å²) >= 11 is 0. The van der Waals surface area contributed by atoms with Gasteiger partial charge in [-0.2, -0.15) is 0 Å². The number of ether oxygens (including phenoxy) is 1. The minimum absolute atomic E-state index is 0.0144. The summed E-state index contributed by atoms with van der Waals surface area (Å²) in [7, 11) is 0. The molecule has 358 valence electrons. The third-order valence-electron chi connectivity index (χ3n) is 11.0. The number of hydrogen-bond acceptors (Lipinski definition) is 5. The molecule has 0 aromatic heterocycles. The van der Waals surface area contributed by atoms with Gasteiger partial charge in [0.15, 0.2) is 0 Å². The number of aliphatic hydroxyl groups excluding tert-OH is 2. The fourth-order valence-corrected chi connectivity index (χ4v) is 7.12. The summed E-state index contributed by atoms with van der Waals surface area (Å²) in [4.78, 5) is 26.1. The first-order chi connectivity index (χ1) is 31.0. The lowest BCUT2D eigenvalue weighted by atomic mass is 10.0. The van der Waals surface area contributed by atoms with Gasteiger partial charge in [0, 0.05) is 6.42 Å². The molecule has 0 rings (SSSR count). The van der Waals surface area contributed by atoms with Crippen molar-refractivity contribution in [3.05, 3.63) is 109 Å². The minimum Gasteiger partial charge on any atom is -0.462 e. The van der Waals surface area contributed by atoms with E-state index < -0.39 is 18.2 Å². The summed E-state index contributed by atoms with van der Waals surface area (Å²) in [6, 6.07) is -0.735. The molecule has 0 bridgehead atoms. The topological polar surface area (TPSA) is 95.9 Å². The van der Waals surface area contributed by atoms with Crippen molar-refractivity contribution in [1.82, 2.24) is 5.32 Å². The minimum atomic E-state index is -0.816. The SMILES string of the molecule is CC\C=C/C=C/C=C/C=C\C=C\C=C\CCCC(CC(=O)NC(CO)C(O)CCCCCCCCCCCC)OC(=O)CCCCCCCC/C=C\C/C=C\C/C=C\CCCCC. The monoisotopic (exact) mass is 874 g/mol. The van der Waals surface area contributed by atoms with Crippen molar-refractivity contribution in [1.29, 1.82) is 0 Å². The van der Waals surface area contributed by atoms with Crippen molar-refractivity contribution in [2.75, 3.05) is 6.61 Å². The number of unbranched alkanes of at least 4 members (excludes halogenated alkanes) is 19. The predicted molar refractivity (Wildman–Crippen MR) is 273 cm³/mol. The predicted octanol–water partition coefficient (Wildman–Crippen LogP) is 15.5. The summed E-state index contributed by atoms with van der Waals surface area (Å²) in [6.45, 7) is 6.26. The molecule has 0 heterocycles. The molecule has 0 saturated carbocycles. The molecule has 0 spiro atoms. The van der Waals surface area contributed by atoms with E-state index in [4.69, 9.17) is 4.74 Å². The highest BCUT2D eigenvalue weighted by molar-refractivity contribution is 5.77. The first kappa shape index (κ1) is 59.5. The molecule has 6 heteroatoms. The van der Waals surface area contributed by atoms with E-state index in [0.29, 0.717) is 19.3 Å². The molecule has 0 fully saturated rings. The highest BCUT2D eigenvalue weighted by Gasteiger charge is 2.24. The second-order valence-electron chi connectivity index (χ2n) is 17.0. The molecule has 6 nitrogen and oxygen atoms in total. The number of rotatable bonds is 44. The van der Waals surface area contributed by atoms with Crippen molar-refractivity contribution in [2.45, 2.75) is 232 Å². The first-order valence-electron chi connectivity index (χ1n) is 25.7. The van der Waals surface area contributed by atoms with Crippen molar-refractivity contribution in [3.63, 3.8) is 0 Å². The van der Waals surface area contributed by atoms with E-state index in [1.807, 2.05) is 60.8 Å². The van der Waals surface area contributed by atoms with Crippen LogP contribution in [0.3, 0.4) is 0 Å². The Bertz CT molecular complexity index is 1300. The highest BCUT2D eigenvalue weighted by atomic mass is 16.5. The van der Waals surface area contributed by atoms with E-state index in [1.165, 1.54) is 83.5 Å². The third-order valence-corrected chi connectivity index (χ3v) is 11.0. The van der Waals surface area contributed by atoms with Crippen molar-refractivity contribution in [3.8, 4) is 0 Å². The number of esters is 1. The summed E-state index contributed by atoms with van der Waals surface area (Å²) in [6.07, 6.45) is 67.2. The molecule has 3 atom stereocenters. The van der Waals surface area contributed by atoms with Gasteiger partial charge in [0.25, 0.3) is 0 Å². The van der Waals surface area contributed by atoms with Crippen molar-refractivity contribution < 1.29 is 24.5 Å². The highest BCUT2D eigenvalue weighted by Crippen LogP contribution is 2.16. The lowest BCUT2D eigenvalue weighted by Gasteiger charge is -2.24. The summed E-state index contributed by atoms with van der Waals surface area (Å²) in [5.41, 5.74) is 0. The number of carbonyl (C=O) groups is 2. The average Bonchev–Trinajstić information content (AvgIpc) is 3.28. The van der Waals surface area contributed by atoms with Crippen LogP contribution in [0.4, 0.5) is 0 Å². The molecule has 3 unspecified atom stereocenters. The Morgan fingerprint density at radius 2 is 0.937 bits per heavy atom. The lowest BCUT2D eigenvalue weighted by molar-refractivity contribution is -0.151. The Morgan fingerprint density at radius 3 is 1.49 bits per heavy atom. The Morgan fingerprint density at radius 1 is 0.492 bits per heavy atom. The van der Waals surface area contributed by atoms with Gasteiger partial charge in [0.1, 0.15) is 6.10 Å². The Balaban J connectivity index is 4.74. The zero-order chi connectivity index (χ0) is 45.9. The van der Waals surface area contributed by atoms with Crippen LogP contribution in [-0.4, -0.2) is 46.9 Å². The quantitative estimate of drug-likeness (QED) is 0.0245. The van der Waals surface area contributed by atoms with Gasteiger partial charge in [-0.15, -0.1) is 0 Å². The number of hydrogen-bond donors (Lipinski definition) is 3. The molecular weight excluding hydrogens is 779 g/mol. The molecule has 63 heavy (non-hydrogen) atoms. The van der Waals surface area contributed by atoms with Crippen molar-refractivity contribution >= 4 is 11.9 Å². The fourth-order valence-electron chi connectivity index (χ4n) is 7.12. The molecule has 1 amide bonds. The van der Waals surface area contributed by atoms with Crippen molar-refractivity contribution in [2.24, 2.45) is 0 Å². The van der Waals surface area contributed by atoms with Crippen LogP contribution < -0.4 is 5.32 Å². The lowest BCUT2D eigenvalue weighted by Crippen LogP contribution is -2.46. The number of aliphatic hydroxyl groups is 2. The van der Waals surface area contributed by atoms with Gasteiger partial charge < -0.3 is 20.3 Å². The van der Waals surface area contributed by atoms with Crippen LogP contribution in [0.25, 0.3) is 0 Å². The summed E-state index contributed by atoms with van der Waals surface area (Å²) in [5.74, 6) is -0.574. The van der Waals surface area contributed by atoms with E-state index in [9.17, 15) is 19.8 Å². The fraction of sp³-hybridized carbons (Fsp3) is 0.649. The van der Waals surface area contributed by atoms with Crippen LogP contribution in [0.2, 0.25) is 0 Å². The zero-order valence-corrected chi connectivity index (χ0v) is 40.7. The normalized spacial score (nSPS) is 14.2. The smallest absolute Gasteiger partial charge is 0.306 e. The van der Waals surface area contributed by atoms with Crippen LogP contribution >= 0.6 is 0 Å². The Labute approximate surface area is 388 Å². The molecule has 0 aliphatic heterocycles. The maximum Gasteiger partial charge on any atom is 0.306 e. The van der Waals surface area contributed by atoms with E-state index in [0.717, 1.165) is 83.5 Å². The van der Waals surface area contributed by atoms with E-state index in [-0.39, 0.29) is 24.9 Å². The third kappa shape index (κ3) is 44.9. The van der Waals surface area contributed by atoms with Gasteiger partial charge in [-0.25, -0.2) is 0 Å². The average molecular weight is 874 g/mol. The van der Waals surface area contributed by atoms with Gasteiger partial charge in [0.2, 0.25) is 5.91 Å². The van der Waals surface area contributed by atoms with Gasteiger partial charge >= 0.3 is 5.97 Å². The van der Waals surface area contributed by atoms with Crippen LogP contribution in [-0.2, 0) is 14.3 Å². The molecule has 3 N–H and O–H groups in total. The van der Waals surface area contributed by atoms with Crippen LogP contribution in [0.1, 0.15) is 213 Å². The number of nitrogens with one attached hydrogen (secondary N) is 1. The van der Waals surface area contributed by atoms with Crippen LogP contribution in [0.15, 0.2) is 109 Å². The van der Waals surface area contributed by atoms with E-state index in [1.54, 1.807) is 0 Å². The van der Waals surface area contributed by atoms with Gasteiger partial charge in [-0.3, -0.25) is 9.59 Å². The molecule has 0 aliphatic rings. The second-order valence-corrected chi connectivity index (χ2v) is 17.0. The standard InChI is InChI=1S/C57H95NO5/c1-4-7-10-13-16-19-22-24-26-27-28-29-31-33-35-38-41-44-47-50-57(62)63-53(48-45-42-39-36-34-32-30-25-23-20-17-14-11-8-5-2)51-56(61)58-54(52-59)55(60)49-46-43-40-37-21-18-15-12-9-6-3/h8,11,14,16-17,19-20,23-26,28-30,32,34,36,39,53-55,59-60H,4-7,9-10,12-13,15,18,21-22,27,31,33,35,37-38,40-52H2,1-3H3,(H,58,61)/b11-8-,17-14+,19-16-,23-20+,26-24-,29-28-,30-25-,34-32+,39-36+. The number of allylic oxidation sites excluding steroid dienone is 18. The van der Waals surface area contributed by atoms with E-state index in [2.05, 4.69) is 74.7 Å². The molecular formula is C57H95NO5. The molecule has 0 aromatic rings. The zero-order valence-electron chi connectivity index (χ0n) is 40.7. The van der Waals surface area contributed by atoms with Gasteiger partial charge in [0.05, 0.1) is 25.2 Å². The molecule has 0 radical (unpaired) electrons. The molecule has 0 saturated heterocycles. The van der Waals surface area contributed by atoms with Gasteiger partial charge in [-0.1, -0.05) is 233 Å². The Hall–Kier alpha value is -3.48.